The summed E-state index contributed by atoms with van der Waals surface area (Å²) in [6, 6.07) is 3.63. The summed E-state index contributed by atoms with van der Waals surface area (Å²) in [4.78, 5) is 15.1. The Morgan fingerprint density at radius 2 is 2.18 bits per heavy atom. The van der Waals surface area contributed by atoms with Crippen molar-refractivity contribution in [2.24, 2.45) is 0 Å². The number of nitrogens with zero attached hydrogens (tertiary/aromatic N) is 1. The van der Waals surface area contributed by atoms with Gasteiger partial charge in [-0.2, -0.15) is 0 Å². The van der Waals surface area contributed by atoms with Crippen molar-refractivity contribution in [3.05, 3.63) is 21.3 Å². The highest BCUT2D eigenvalue weighted by molar-refractivity contribution is 7.57. The summed E-state index contributed by atoms with van der Waals surface area (Å²) in [5.41, 5.74) is 0. The zero-order valence-corrected chi connectivity index (χ0v) is 12.5. The van der Waals surface area contributed by atoms with Gasteiger partial charge in [-0.1, -0.05) is 18.5 Å². The predicted octanol–water partition coefficient (Wildman–Crippen LogP) is 3.40. The molecule has 17 heavy (non-hydrogen) atoms. The van der Waals surface area contributed by atoms with E-state index in [9.17, 15) is 4.79 Å². The molecular weight excluding hydrogens is 273 g/mol. The molecule has 0 N–H and O–H groups in total. The summed E-state index contributed by atoms with van der Waals surface area (Å²) in [7, 11) is 0.257. The van der Waals surface area contributed by atoms with Crippen molar-refractivity contribution in [2.45, 2.75) is 6.92 Å². The molecular formula is C12H17ClNOPS. The average Bonchev–Trinajstić information content (AvgIpc) is 2.77. The quantitative estimate of drug-likeness (QED) is 0.625. The van der Waals surface area contributed by atoms with Crippen LogP contribution in [0, 0.1) is 0 Å². The van der Waals surface area contributed by atoms with Crippen molar-refractivity contribution in [1.82, 2.24) is 4.90 Å². The molecule has 1 aromatic rings. The van der Waals surface area contributed by atoms with Gasteiger partial charge in [-0.3, -0.25) is 9.69 Å². The highest BCUT2D eigenvalue weighted by Crippen LogP contribution is 2.37. The van der Waals surface area contributed by atoms with Crippen molar-refractivity contribution in [2.75, 3.05) is 38.1 Å². The first-order chi connectivity index (χ1) is 8.19. The van der Waals surface area contributed by atoms with Crippen molar-refractivity contribution < 1.29 is 4.79 Å². The fourth-order valence-electron chi connectivity index (χ4n) is 2.01. The second-order valence-corrected chi connectivity index (χ2v) is 8.82. The Balaban J connectivity index is 1.84. The molecule has 0 atom stereocenters. The molecule has 0 aromatic carbocycles. The van der Waals surface area contributed by atoms with Crippen LogP contribution < -0.4 is 0 Å². The third-order valence-corrected chi connectivity index (χ3v) is 6.96. The van der Waals surface area contributed by atoms with Gasteiger partial charge in [0.05, 0.1) is 15.8 Å². The highest BCUT2D eigenvalue weighted by Gasteiger charge is 2.20. The van der Waals surface area contributed by atoms with Crippen molar-refractivity contribution in [3.63, 3.8) is 0 Å². The summed E-state index contributed by atoms with van der Waals surface area (Å²) in [6.45, 7) is 5.01. The molecule has 0 spiro atoms. The second-order valence-electron chi connectivity index (χ2n) is 4.24. The highest BCUT2D eigenvalue weighted by atomic mass is 35.5. The molecule has 1 aliphatic heterocycles. The summed E-state index contributed by atoms with van der Waals surface area (Å²) in [6.07, 6.45) is 3.92. The van der Waals surface area contributed by atoms with E-state index >= 15 is 0 Å². The minimum absolute atomic E-state index is 0.213. The summed E-state index contributed by atoms with van der Waals surface area (Å²) < 4.78 is 0.696. The van der Waals surface area contributed by atoms with Gasteiger partial charge in [-0.05, 0) is 30.6 Å². The van der Waals surface area contributed by atoms with Crippen molar-refractivity contribution >= 4 is 36.6 Å². The van der Waals surface area contributed by atoms with E-state index < -0.39 is 0 Å². The van der Waals surface area contributed by atoms with Crippen LogP contribution in [0.5, 0.6) is 0 Å². The van der Waals surface area contributed by atoms with Crippen LogP contribution in [0.3, 0.4) is 0 Å². The first-order valence-electron chi connectivity index (χ1n) is 5.92. The third-order valence-electron chi connectivity index (χ3n) is 3.13. The number of hydrogen-bond acceptors (Lipinski definition) is 3. The van der Waals surface area contributed by atoms with Crippen LogP contribution in [-0.4, -0.2) is 48.8 Å². The molecule has 0 bridgehead atoms. The van der Waals surface area contributed by atoms with E-state index in [-0.39, 0.29) is 13.7 Å². The molecule has 2 nitrogen and oxygen atoms in total. The van der Waals surface area contributed by atoms with E-state index in [0.717, 1.165) is 18.0 Å². The van der Waals surface area contributed by atoms with E-state index in [2.05, 4.69) is 11.8 Å². The molecule has 0 radical (unpaired) electrons. The van der Waals surface area contributed by atoms with Crippen molar-refractivity contribution in [3.8, 4) is 0 Å². The van der Waals surface area contributed by atoms with E-state index in [4.69, 9.17) is 11.6 Å². The molecule has 2 rings (SSSR count). The topological polar surface area (TPSA) is 20.3 Å². The zero-order chi connectivity index (χ0) is 12.3. The van der Waals surface area contributed by atoms with Crippen LogP contribution in [0.25, 0.3) is 0 Å². The van der Waals surface area contributed by atoms with Crippen LogP contribution in [0.4, 0.5) is 0 Å². The standard InChI is InChI=1S/C12H17ClNOPS/c1-2-16-7-5-14(6-8-16)9-10(15)11-3-4-12(13)17-11/h3-4H,2,5-9H2,1H3. The predicted molar refractivity (Wildman–Crippen MR) is 77.3 cm³/mol. The van der Waals surface area contributed by atoms with Crippen LogP contribution in [0.2, 0.25) is 4.34 Å². The molecule has 0 aliphatic carbocycles. The molecule has 5 heteroatoms. The minimum Gasteiger partial charge on any atom is -0.295 e. The number of halogens is 1. The lowest BCUT2D eigenvalue weighted by atomic mass is 10.3. The maximum Gasteiger partial charge on any atom is 0.186 e. The number of carbonyl (C=O) groups excluding carboxylic acids is 1. The van der Waals surface area contributed by atoms with E-state index in [1.54, 1.807) is 6.07 Å². The normalized spacial score (nSPS) is 18.5. The molecule has 2 heterocycles. The van der Waals surface area contributed by atoms with Gasteiger partial charge >= 0.3 is 0 Å². The molecule has 1 saturated heterocycles. The monoisotopic (exact) mass is 289 g/mol. The number of hydrogen-bond donors (Lipinski definition) is 0. The summed E-state index contributed by atoms with van der Waals surface area (Å²) in [5, 5.41) is 0. The van der Waals surface area contributed by atoms with Gasteiger partial charge in [0.25, 0.3) is 0 Å². The molecule has 94 valence electrons. The molecule has 0 amide bonds. The Bertz CT molecular complexity index is 388. The maximum absolute atomic E-state index is 12.0. The molecule has 1 aliphatic rings. The third kappa shape index (κ3) is 3.75. The average molecular weight is 290 g/mol. The largest absolute Gasteiger partial charge is 0.295 e. The molecule has 0 saturated carbocycles. The van der Waals surface area contributed by atoms with Gasteiger partial charge in [0.15, 0.2) is 5.78 Å². The van der Waals surface area contributed by atoms with Crippen LogP contribution in [0.1, 0.15) is 16.6 Å². The first-order valence-corrected chi connectivity index (χ1v) is 9.01. The van der Waals surface area contributed by atoms with Gasteiger partial charge in [0, 0.05) is 13.1 Å². The number of thiophene rings is 1. The lowest BCUT2D eigenvalue weighted by Gasteiger charge is -2.31. The zero-order valence-electron chi connectivity index (χ0n) is 9.99. The van der Waals surface area contributed by atoms with Gasteiger partial charge in [-0.25, -0.2) is 0 Å². The lowest BCUT2D eigenvalue weighted by molar-refractivity contribution is 0.0940. The van der Waals surface area contributed by atoms with Crippen LogP contribution >= 0.6 is 30.9 Å². The smallest absolute Gasteiger partial charge is 0.186 e. The van der Waals surface area contributed by atoms with Gasteiger partial charge in [-0.15, -0.1) is 19.3 Å². The molecule has 0 unspecified atom stereocenters. The Morgan fingerprint density at radius 3 is 2.71 bits per heavy atom. The molecule has 1 fully saturated rings. The molecule has 1 aromatic heterocycles. The first kappa shape index (κ1) is 13.5. The van der Waals surface area contributed by atoms with Gasteiger partial charge < -0.3 is 0 Å². The maximum atomic E-state index is 12.0. The SMILES string of the molecule is CCP1CCN(CC(=O)c2ccc(Cl)s2)CC1. The fourth-order valence-corrected chi connectivity index (χ4v) is 4.97. The number of ketones is 1. The van der Waals surface area contributed by atoms with E-state index in [1.165, 1.54) is 29.8 Å². The lowest BCUT2D eigenvalue weighted by Crippen LogP contribution is -2.37. The van der Waals surface area contributed by atoms with Crippen LogP contribution in [0.15, 0.2) is 12.1 Å². The Morgan fingerprint density at radius 1 is 1.47 bits per heavy atom. The van der Waals surface area contributed by atoms with Gasteiger partial charge in [0.1, 0.15) is 0 Å². The number of carbonyl (C=O) groups is 1. The number of rotatable bonds is 4. The summed E-state index contributed by atoms with van der Waals surface area (Å²) in [5.74, 6) is 0.213. The Kier molecular flexibility index (Phi) is 4.98. The number of Topliss-reactive ketones (excluding diaryl/α,β-unsaturated/α-hetero) is 1. The van der Waals surface area contributed by atoms with Crippen LogP contribution in [-0.2, 0) is 0 Å². The van der Waals surface area contributed by atoms with Crippen molar-refractivity contribution in [1.29, 1.82) is 0 Å². The minimum atomic E-state index is 0.213. The Labute approximate surface area is 113 Å². The van der Waals surface area contributed by atoms with E-state index in [1.807, 2.05) is 6.07 Å². The summed E-state index contributed by atoms with van der Waals surface area (Å²) >= 11 is 7.22. The van der Waals surface area contributed by atoms with Gasteiger partial charge in [0.2, 0.25) is 0 Å². The Hall–Kier alpha value is 0.0500. The van der Waals surface area contributed by atoms with E-state index in [0.29, 0.717) is 10.9 Å². The second kappa shape index (κ2) is 6.29. The fraction of sp³-hybridized carbons (Fsp3) is 0.583.